The number of carboxylic acids is 1. The SMILES string of the molecule is CCC(C)N(C)CCNC(=O)N[C@H](CC)C(=O)O. The Labute approximate surface area is 109 Å². The maximum absolute atomic E-state index is 11.4. The topological polar surface area (TPSA) is 81.7 Å². The van der Waals surface area contributed by atoms with E-state index in [2.05, 4.69) is 29.4 Å². The minimum atomic E-state index is -1.01. The summed E-state index contributed by atoms with van der Waals surface area (Å²) >= 11 is 0. The Balaban J connectivity index is 3.87. The van der Waals surface area contributed by atoms with Gasteiger partial charge in [-0.3, -0.25) is 0 Å². The maximum atomic E-state index is 11.4. The normalized spacial score (nSPS) is 14.1. The quantitative estimate of drug-likeness (QED) is 0.604. The lowest BCUT2D eigenvalue weighted by Crippen LogP contribution is -2.47. The standard InChI is InChI=1S/C12H25N3O3/c1-5-9(3)15(4)8-7-13-12(18)14-10(6-2)11(16)17/h9-10H,5-8H2,1-4H3,(H,16,17)(H2,13,14,18)/t9?,10-/m1/s1. The van der Waals surface area contributed by atoms with Gasteiger partial charge in [-0.15, -0.1) is 0 Å². The number of carboxylic acid groups (broad SMARTS) is 1. The van der Waals surface area contributed by atoms with E-state index in [1.165, 1.54) is 0 Å². The summed E-state index contributed by atoms with van der Waals surface area (Å²) in [6, 6.07) is -0.781. The van der Waals surface area contributed by atoms with Crippen LogP contribution in [0, 0.1) is 0 Å². The molecule has 0 heterocycles. The van der Waals surface area contributed by atoms with Crippen molar-refractivity contribution in [3.63, 3.8) is 0 Å². The Morgan fingerprint density at radius 1 is 1.28 bits per heavy atom. The van der Waals surface area contributed by atoms with Crippen LogP contribution in [0.4, 0.5) is 4.79 Å². The molecule has 0 radical (unpaired) electrons. The first kappa shape index (κ1) is 16.7. The number of nitrogens with one attached hydrogen (secondary N) is 2. The Kier molecular flexibility index (Phi) is 8.11. The van der Waals surface area contributed by atoms with Gasteiger partial charge >= 0.3 is 12.0 Å². The second-order valence-electron chi connectivity index (χ2n) is 4.44. The van der Waals surface area contributed by atoms with E-state index in [1.54, 1.807) is 6.92 Å². The van der Waals surface area contributed by atoms with Gasteiger partial charge in [0, 0.05) is 19.1 Å². The summed E-state index contributed by atoms with van der Waals surface area (Å²) in [4.78, 5) is 24.3. The first-order chi connectivity index (χ1) is 8.42. The Morgan fingerprint density at radius 3 is 2.33 bits per heavy atom. The van der Waals surface area contributed by atoms with Crippen molar-refractivity contribution in [2.45, 2.75) is 45.7 Å². The molecule has 0 saturated carbocycles. The molecule has 3 N–H and O–H groups in total. The van der Waals surface area contributed by atoms with Crippen molar-refractivity contribution in [1.29, 1.82) is 0 Å². The highest BCUT2D eigenvalue weighted by Crippen LogP contribution is 1.98. The number of hydrogen-bond acceptors (Lipinski definition) is 3. The number of nitrogens with zero attached hydrogens (tertiary/aromatic N) is 1. The van der Waals surface area contributed by atoms with Gasteiger partial charge in [0.25, 0.3) is 0 Å². The van der Waals surface area contributed by atoms with E-state index in [1.807, 2.05) is 7.05 Å². The molecule has 0 aliphatic heterocycles. The fraction of sp³-hybridized carbons (Fsp3) is 0.833. The smallest absolute Gasteiger partial charge is 0.326 e. The molecule has 0 aliphatic carbocycles. The number of carbonyl (C=O) groups excluding carboxylic acids is 1. The summed E-state index contributed by atoms with van der Waals surface area (Å²) in [6.45, 7) is 7.20. The summed E-state index contributed by atoms with van der Waals surface area (Å²) in [5, 5.41) is 13.9. The van der Waals surface area contributed by atoms with E-state index in [0.29, 0.717) is 19.0 Å². The van der Waals surface area contributed by atoms with Crippen molar-refractivity contribution in [2.75, 3.05) is 20.1 Å². The molecule has 0 fully saturated rings. The Morgan fingerprint density at radius 2 is 1.89 bits per heavy atom. The zero-order valence-electron chi connectivity index (χ0n) is 11.7. The van der Waals surface area contributed by atoms with Crippen molar-refractivity contribution in [3.8, 4) is 0 Å². The molecule has 0 aromatic carbocycles. The predicted octanol–water partition coefficient (Wildman–Crippen LogP) is 0.879. The van der Waals surface area contributed by atoms with Gasteiger partial charge in [-0.2, -0.15) is 0 Å². The number of aliphatic carboxylic acids is 1. The van der Waals surface area contributed by atoms with E-state index in [-0.39, 0.29) is 0 Å². The summed E-state index contributed by atoms with van der Waals surface area (Å²) in [5.74, 6) is -1.01. The summed E-state index contributed by atoms with van der Waals surface area (Å²) in [5.41, 5.74) is 0. The van der Waals surface area contributed by atoms with Crippen LogP contribution in [-0.2, 0) is 4.79 Å². The number of urea groups is 1. The minimum absolute atomic E-state index is 0.371. The molecule has 6 heteroatoms. The molecule has 106 valence electrons. The fourth-order valence-corrected chi connectivity index (χ4v) is 1.43. The van der Waals surface area contributed by atoms with Gasteiger partial charge in [0.1, 0.15) is 6.04 Å². The van der Waals surface area contributed by atoms with E-state index in [4.69, 9.17) is 5.11 Å². The van der Waals surface area contributed by atoms with Gasteiger partial charge in [0.05, 0.1) is 0 Å². The van der Waals surface area contributed by atoms with Gasteiger partial charge in [-0.25, -0.2) is 9.59 Å². The molecule has 0 spiro atoms. The van der Waals surface area contributed by atoms with E-state index < -0.39 is 18.0 Å². The molecule has 0 aromatic heterocycles. The molecular weight excluding hydrogens is 234 g/mol. The van der Waals surface area contributed by atoms with Gasteiger partial charge in [0.2, 0.25) is 0 Å². The van der Waals surface area contributed by atoms with E-state index in [0.717, 1.165) is 13.0 Å². The number of amides is 2. The molecule has 0 aromatic rings. The third-order valence-corrected chi connectivity index (χ3v) is 3.11. The summed E-state index contributed by atoms with van der Waals surface area (Å²) in [6.07, 6.45) is 1.43. The van der Waals surface area contributed by atoms with Crippen LogP contribution in [0.2, 0.25) is 0 Å². The highest BCUT2D eigenvalue weighted by atomic mass is 16.4. The predicted molar refractivity (Wildman–Crippen MR) is 70.6 cm³/mol. The molecule has 2 atom stereocenters. The highest BCUT2D eigenvalue weighted by Gasteiger charge is 2.17. The zero-order chi connectivity index (χ0) is 14.1. The van der Waals surface area contributed by atoms with Crippen LogP contribution in [0.3, 0.4) is 0 Å². The van der Waals surface area contributed by atoms with Crippen molar-refractivity contribution in [2.24, 2.45) is 0 Å². The van der Waals surface area contributed by atoms with Gasteiger partial charge in [-0.1, -0.05) is 13.8 Å². The van der Waals surface area contributed by atoms with Crippen molar-refractivity contribution in [3.05, 3.63) is 0 Å². The molecule has 0 rings (SSSR count). The Hall–Kier alpha value is -1.30. The first-order valence-corrected chi connectivity index (χ1v) is 6.39. The molecule has 6 nitrogen and oxygen atoms in total. The third-order valence-electron chi connectivity index (χ3n) is 3.11. The largest absolute Gasteiger partial charge is 0.480 e. The number of carbonyl (C=O) groups is 2. The van der Waals surface area contributed by atoms with E-state index in [9.17, 15) is 9.59 Å². The van der Waals surface area contributed by atoms with Crippen LogP contribution in [0.5, 0.6) is 0 Å². The molecule has 0 bridgehead atoms. The van der Waals surface area contributed by atoms with Crippen LogP contribution < -0.4 is 10.6 Å². The monoisotopic (exact) mass is 259 g/mol. The maximum Gasteiger partial charge on any atom is 0.326 e. The van der Waals surface area contributed by atoms with E-state index >= 15 is 0 Å². The first-order valence-electron chi connectivity index (χ1n) is 6.39. The van der Waals surface area contributed by atoms with Crippen molar-refractivity contribution in [1.82, 2.24) is 15.5 Å². The van der Waals surface area contributed by atoms with Crippen molar-refractivity contribution >= 4 is 12.0 Å². The second-order valence-corrected chi connectivity index (χ2v) is 4.44. The summed E-state index contributed by atoms with van der Waals surface area (Å²) < 4.78 is 0. The third kappa shape index (κ3) is 6.44. The Bertz CT molecular complexity index is 271. The second kappa shape index (κ2) is 8.74. The van der Waals surface area contributed by atoms with Crippen molar-refractivity contribution < 1.29 is 14.7 Å². The average molecular weight is 259 g/mol. The zero-order valence-corrected chi connectivity index (χ0v) is 11.7. The highest BCUT2D eigenvalue weighted by molar-refractivity contribution is 5.82. The molecule has 0 aliphatic rings. The van der Waals surface area contributed by atoms with Crippen LogP contribution in [0.25, 0.3) is 0 Å². The minimum Gasteiger partial charge on any atom is -0.480 e. The number of hydrogen-bond donors (Lipinski definition) is 3. The van der Waals surface area contributed by atoms with Gasteiger partial charge in [-0.05, 0) is 26.8 Å². The number of rotatable bonds is 8. The lowest BCUT2D eigenvalue weighted by atomic mass is 10.2. The fourth-order valence-electron chi connectivity index (χ4n) is 1.43. The molecule has 2 amide bonds. The van der Waals surface area contributed by atoms with Crippen LogP contribution in [-0.4, -0.2) is 54.2 Å². The van der Waals surface area contributed by atoms with Crippen LogP contribution in [0.15, 0.2) is 0 Å². The molecular formula is C12H25N3O3. The van der Waals surface area contributed by atoms with Crippen LogP contribution in [0.1, 0.15) is 33.6 Å². The average Bonchev–Trinajstić information content (AvgIpc) is 2.34. The van der Waals surface area contributed by atoms with Gasteiger partial charge < -0.3 is 20.6 Å². The molecule has 1 unspecified atom stereocenters. The molecule has 18 heavy (non-hydrogen) atoms. The van der Waals surface area contributed by atoms with Crippen LogP contribution >= 0.6 is 0 Å². The molecule has 0 saturated heterocycles. The lowest BCUT2D eigenvalue weighted by molar-refractivity contribution is -0.139. The lowest BCUT2D eigenvalue weighted by Gasteiger charge is -2.23. The number of likely N-dealkylation sites (N-methyl/N-ethyl adjacent to an activating group) is 1. The summed E-state index contributed by atoms with van der Waals surface area (Å²) in [7, 11) is 2.00. The van der Waals surface area contributed by atoms with Gasteiger partial charge in [0.15, 0.2) is 0 Å².